The third kappa shape index (κ3) is 6.01. The van der Waals surface area contributed by atoms with Gasteiger partial charge < -0.3 is 24.2 Å². The van der Waals surface area contributed by atoms with Gasteiger partial charge in [0.1, 0.15) is 30.2 Å². The maximum absolute atomic E-state index is 13.6. The lowest BCUT2D eigenvalue weighted by atomic mass is 9.82. The molecule has 3 heterocycles. The van der Waals surface area contributed by atoms with Gasteiger partial charge in [-0.25, -0.2) is 4.79 Å². The molecule has 0 radical (unpaired) electrons. The Kier molecular flexibility index (Phi) is 8.21. The zero-order valence-corrected chi connectivity index (χ0v) is 24.8. The van der Waals surface area contributed by atoms with Crippen molar-refractivity contribution < 1.29 is 28.4 Å². The Balaban J connectivity index is 1.23. The van der Waals surface area contributed by atoms with E-state index in [1.165, 1.54) is 0 Å². The maximum Gasteiger partial charge on any atom is 0.325 e. The van der Waals surface area contributed by atoms with Crippen LogP contribution < -0.4 is 10.1 Å². The first-order chi connectivity index (χ1) is 20.8. The molecule has 2 aromatic carbocycles. The molecule has 10 heteroatoms. The predicted octanol–water partition coefficient (Wildman–Crippen LogP) is 4.54. The molecular weight excluding hydrogens is 548 g/mol. The smallest absolute Gasteiger partial charge is 0.325 e. The number of imide groups is 1. The third-order valence-corrected chi connectivity index (χ3v) is 8.73. The summed E-state index contributed by atoms with van der Waals surface area (Å²) in [5.74, 6) is 0.991. The molecule has 3 aliphatic rings. The zero-order chi connectivity index (χ0) is 30.0. The Hall–Kier alpha value is -4.18. The number of ether oxygens (including phenoxy) is 2. The van der Waals surface area contributed by atoms with E-state index in [1.54, 1.807) is 4.90 Å². The van der Waals surface area contributed by atoms with Gasteiger partial charge >= 0.3 is 6.03 Å². The minimum absolute atomic E-state index is 0.280. The van der Waals surface area contributed by atoms with E-state index >= 15 is 0 Å². The van der Waals surface area contributed by atoms with Crippen molar-refractivity contribution in [1.29, 1.82) is 0 Å². The molecule has 1 N–H and O–H groups in total. The fourth-order valence-corrected chi connectivity index (χ4v) is 6.52. The number of carbonyl (C=O) groups excluding carboxylic acids is 3. The Labute approximate surface area is 251 Å². The fraction of sp³-hybridized carbons (Fsp3) is 0.455. The van der Waals surface area contributed by atoms with Crippen LogP contribution >= 0.6 is 0 Å². The Morgan fingerprint density at radius 1 is 1.00 bits per heavy atom. The van der Waals surface area contributed by atoms with Crippen LogP contribution in [0.15, 0.2) is 47.0 Å². The van der Waals surface area contributed by atoms with Crippen molar-refractivity contribution >= 4 is 17.8 Å². The molecule has 43 heavy (non-hydrogen) atoms. The molecule has 2 fully saturated rings. The van der Waals surface area contributed by atoms with Crippen molar-refractivity contribution in [3.63, 3.8) is 0 Å². The van der Waals surface area contributed by atoms with E-state index in [9.17, 15) is 14.4 Å². The number of hydrogen-bond donors (Lipinski definition) is 1. The molecule has 1 spiro atoms. The van der Waals surface area contributed by atoms with Crippen LogP contribution in [0, 0.1) is 13.8 Å². The number of aryl methyl sites for hydroxylation is 2. The minimum atomic E-state index is -0.854. The number of nitrogens with zero attached hydrogens (tertiary/aromatic N) is 3. The first-order valence-electron chi connectivity index (χ1n) is 15.1. The summed E-state index contributed by atoms with van der Waals surface area (Å²) in [4.78, 5) is 42.4. The molecule has 1 saturated heterocycles. The van der Waals surface area contributed by atoms with E-state index in [0.29, 0.717) is 52.2 Å². The topological polar surface area (TPSA) is 114 Å². The van der Waals surface area contributed by atoms with Crippen LogP contribution in [-0.4, -0.2) is 71.3 Å². The molecule has 10 nitrogen and oxygen atoms in total. The monoisotopic (exact) mass is 586 g/mol. The van der Waals surface area contributed by atoms with E-state index in [4.69, 9.17) is 14.0 Å². The van der Waals surface area contributed by atoms with Crippen LogP contribution in [-0.2, 0) is 27.3 Å². The first kappa shape index (κ1) is 28.9. The number of amides is 4. The van der Waals surface area contributed by atoms with Crippen molar-refractivity contribution in [3.05, 3.63) is 70.6 Å². The van der Waals surface area contributed by atoms with Crippen molar-refractivity contribution in [3.8, 4) is 16.9 Å². The van der Waals surface area contributed by atoms with Crippen molar-refractivity contribution in [2.75, 3.05) is 32.9 Å². The van der Waals surface area contributed by atoms with Crippen LogP contribution in [0.2, 0.25) is 0 Å². The molecule has 2 bridgehead atoms. The highest BCUT2D eigenvalue weighted by molar-refractivity contribution is 6.09. The lowest BCUT2D eigenvalue weighted by Crippen LogP contribution is -2.49. The standard InChI is InChI=1S/C33H38N4O6/c1-22-30(23(2)43-35-22)26-9-10-28-27(19-26)18-24-7-6-8-25(17-24)20-36(13-14-41-15-16-42-28)29(38)21-37-31(39)33(34-32(37)40)11-4-3-5-12-33/h6-10,17,19H,3-5,11-16,18,20-21H2,1-2H3,(H,34,40). The number of benzene rings is 2. The summed E-state index contributed by atoms with van der Waals surface area (Å²) in [5, 5.41) is 7.01. The van der Waals surface area contributed by atoms with E-state index in [2.05, 4.69) is 28.7 Å². The molecule has 1 aromatic heterocycles. The van der Waals surface area contributed by atoms with Crippen LogP contribution in [0.5, 0.6) is 5.75 Å². The number of hydrogen-bond acceptors (Lipinski definition) is 7. The molecule has 1 aliphatic carbocycles. The molecule has 0 unspecified atom stereocenters. The van der Waals surface area contributed by atoms with Gasteiger partial charge in [0.15, 0.2) is 0 Å². The van der Waals surface area contributed by atoms with Gasteiger partial charge in [-0.1, -0.05) is 54.8 Å². The van der Waals surface area contributed by atoms with E-state index in [0.717, 1.165) is 69.2 Å². The summed E-state index contributed by atoms with van der Waals surface area (Å²) in [6.07, 6.45) is 4.70. The highest BCUT2D eigenvalue weighted by atomic mass is 16.5. The second-order valence-corrected chi connectivity index (χ2v) is 11.8. The molecule has 1 saturated carbocycles. The summed E-state index contributed by atoms with van der Waals surface area (Å²) >= 11 is 0. The van der Waals surface area contributed by atoms with Gasteiger partial charge in [0.25, 0.3) is 5.91 Å². The van der Waals surface area contributed by atoms with Gasteiger partial charge in [-0.3, -0.25) is 14.5 Å². The van der Waals surface area contributed by atoms with Crippen LogP contribution in [0.3, 0.4) is 0 Å². The summed E-state index contributed by atoms with van der Waals surface area (Å²) in [6, 6.07) is 13.8. The molecule has 4 amide bonds. The second-order valence-electron chi connectivity index (χ2n) is 11.8. The third-order valence-electron chi connectivity index (χ3n) is 8.73. The summed E-state index contributed by atoms with van der Waals surface area (Å²) in [7, 11) is 0. The number of urea groups is 1. The van der Waals surface area contributed by atoms with Crippen molar-refractivity contribution in [2.24, 2.45) is 0 Å². The van der Waals surface area contributed by atoms with Crippen molar-refractivity contribution in [2.45, 2.75) is 64.5 Å². The summed E-state index contributed by atoms with van der Waals surface area (Å²) in [6.45, 7) is 5.24. The number of fused-ring (bicyclic) bond motifs is 3. The van der Waals surface area contributed by atoms with Gasteiger partial charge in [-0.2, -0.15) is 0 Å². The van der Waals surface area contributed by atoms with Gasteiger partial charge in [0.05, 0.1) is 18.9 Å². The van der Waals surface area contributed by atoms with E-state index < -0.39 is 11.6 Å². The van der Waals surface area contributed by atoms with Gasteiger partial charge in [0.2, 0.25) is 5.91 Å². The van der Waals surface area contributed by atoms with Crippen LogP contribution in [0.4, 0.5) is 4.79 Å². The average Bonchev–Trinajstić information content (AvgIpc) is 3.44. The van der Waals surface area contributed by atoms with Crippen molar-refractivity contribution in [1.82, 2.24) is 20.3 Å². The minimum Gasteiger partial charge on any atom is -0.491 e. The fourth-order valence-electron chi connectivity index (χ4n) is 6.52. The van der Waals surface area contributed by atoms with Crippen LogP contribution in [0.25, 0.3) is 11.1 Å². The number of rotatable bonds is 3. The summed E-state index contributed by atoms with van der Waals surface area (Å²) in [5.41, 5.74) is 5.03. The lowest BCUT2D eigenvalue weighted by Gasteiger charge is -2.30. The van der Waals surface area contributed by atoms with Gasteiger partial charge in [-0.15, -0.1) is 0 Å². The molecular formula is C33H38N4O6. The number of nitrogens with one attached hydrogen (secondary N) is 1. The Morgan fingerprint density at radius 3 is 2.60 bits per heavy atom. The lowest BCUT2D eigenvalue weighted by molar-refractivity contribution is -0.140. The first-order valence-corrected chi connectivity index (χ1v) is 15.1. The zero-order valence-electron chi connectivity index (χ0n) is 24.8. The number of carbonyl (C=O) groups is 3. The molecule has 2 aliphatic heterocycles. The largest absolute Gasteiger partial charge is 0.491 e. The normalized spacial score (nSPS) is 19.0. The Bertz CT molecular complexity index is 1510. The quantitative estimate of drug-likeness (QED) is 0.448. The number of aromatic nitrogens is 1. The van der Waals surface area contributed by atoms with Crippen LogP contribution in [0.1, 0.15) is 60.2 Å². The SMILES string of the molecule is Cc1noc(C)c1-c1ccc2c(c1)Cc1cccc(c1)CN(C(=O)CN1C(=O)NC3(CCCCC3)C1=O)CCOCCO2. The average molecular weight is 587 g/mol. The molecule has 226 valence electrons. The maximum atomic E-state index is 13.6. The Morgan fingerprint density at radius 2 is 1.81 bits per heavy atom. The highest BCUT2D eigenvalue weighted by Gasteiger charge is 2.51. The summed E-state index contributed by atoms with van der Waals surface area (Å²) < 4.78 is 17.4. The second kappa shape index (κ2) is 12.2. The van der Waals surface area contributed by atoms with E-state index in [1.807, 2.05) is 38.1 Å². The van der Waals surface area contributed by atoms with E-state index in [-0.39, 0.29) is 18.4 Å². The predicted molar refractivity (Wildman–Crippen MR) is 158 cm³/mol. The van der Waals surface area contributed by atoms with Gasteiger partial charge in [-0.05, 0) is 61.1 Å². The molecule has 0 atom stereocenters. The molecule has 3 aromatic rings. The van der Waals surface area contributed by atoms with Gasteiger partial charge in [0, 0.05) is 25.1 Å². The molecule has 6 rings (SSSR count). The highest BCUT2D eigenvalue weighted by Crippen LogP contribution is 2.34.